The van der Waals surface area contributed by atoms with Crippen molar-refractivity contribution in [2.75, 3.05) is 13.7 Å². The van der Waals surface area contributed by atoms with Gasteiger partial charge in [-0.3, -0.25) is 10.1 Å². The second kappa shape index (κ2) is 6.22. The van der Waals surface area contributed by atoms with E-state index in [9.17, 15) is 4.79 Å². The van der Waals surface area contributed by atoms with E-state index in [0.29, 0.717) is 24.4 Å². The Morgan fingerprint density at radius 2 is 2.29 bits per heavy atom. The minimum absolute atomic E-state index is 0.0995. The average Bonchev–Trinajstić information content (AvgIpc) is 2.49. The van der Waals surface area contributed by atoms with Crippen molar-refractivity contribution in [3.8, 4) is 0 Å². The standard InChI is InChI=1S/C12H19N3O2/c1-9(16)14-8-15(2)12(17)10-4-3-5-11(13)7-6-10/h4-7,9,14,16H,3,8,13H2,1-2H3. The van der Waals surface area contributed by atoms with Crippen LogP contribution in [0, 0.1) is 0 Å². The Labute approximate surface area is 101 Å². The van der Waals surface area contributed by atoms with Gasteiger partial charge in [0, 0.05) is 18.3 Å². The molecule has 0 radical (unpaired) electrons. The summed E-state index contributed by atoms with van der Waals surface area (Å²) >= 11 is 0. The molecule has 0 bridgehead atoms. The fourth-order valence-electron chi connectivity index (χ4n) is 1.36. The van der Waals surface area contributed by atoms with Crippen molar-refractivity contribution < 1.29 is 9.90 Å². The lowest BCUT2D eigenvalue weighted by Crippen LogP contribution is -2.40. The molecule has 0 fully saturated rings. The fourth-order valence-corrected chi connectivity index (χ4v) is 1.36. The monoisotopic (exact) mass is 237 g/mol. The zero-order valence-corrected chi connectivity index (χ0v) is 10.2. The number of hydrogen-bond donors (Lipinski definition) is 3. The van der Waals surface area contributed by atoms with E-state index >= 15 is 0 Å². The van der Waals surface area contributed by atoms with Gasteiger partial charge in [0.05, 0.1) is 6.67 Å². The maximum Gasteiger partial charge on any atom is 0.254 e. The molecule has 0 aromatic heterocycles. The minimum Gasteiger partial charge on any atom is -0.399 e. The van der Waals surface area contributed by atoms with Gasteiger partial charge in [-0.15, -0.1) is 0 Å². The van der Waals surface area contributed by atoms with Crippen LogP contribution in [0.25, 0.3) is 0 Å². The lowest BCUT2D eigenvalue weighted by atomic mass is 10.2. The lowest BCUT2D eigenvalue weighted by Gasteiger charge is -2.19. The number of rotatable bonds is 4. The first-order valence-electron chi connectivity index (χ1n) is 5.51. The third-order valence-corrected chi connectivity index (χ3v) is 2.36. The highest BCUT2D eigenvalue weighted by molar-refractivity contribution is 5.96. The topological polar surface area (TPSA) is 78.6 Å². The molecule has 0 saturated carbocycles. The van der Waals surface area contributed by atoms with Crippen molar-refractivity contribution in [3.63, 3.8) is 0 Å². The number of carbonyl (C=O) groups is 1. The number of nitrogens with two attached hydrogens (primary N) is 1. The second-order valence-electron chi connectivity index (χ2n) is 3.97. The number of aliphatic hydroxyl groups is 1. The molecule has 1 unspecified atom stereocenters. The summed E-state index contributed by atoms with van der Waals surface area (Å²) in [7, 11) is 1.67. The Morgan fingerprint density at radius 3 is 2.94 bits per heavy atom. The number of nitrogens with one attached hydrogen (secondary N) is 1. The molecule has 0 aromatic carbocycles. The smallest absolute Gasteiger partial charge is 0.254 e. The summed E-state index contributed by atoms with van der Waals surface area (Å²) < 4.78 is 0. The van der Waals surface area contributed by atoms with Gasteiger partial charge in [0.25, 0.3) is 5.91 Å². The summed E-state index contributed by atoms with van der Waals surface area (Å²) in [4.78, 5) is 13.5. The van der Waals surface area contributed by atoms with Gasteiger partial charge in [0.1, 0.15) is 6.23 Å². The zero-order chi connectivity index (χ0) is 12.8. The number of aliphatic hydroxyl groups excluding tert-OH is 1. The van der Waals surface area contributed by atoms with Gasteiger partial charge in [-0.25, -0.2) is 0 Å². The molecular formula is C12H19N3O2. The average molecular weight is 237 g/mol. The number of allylic oxidation sites excluding steroid dienone is 3. The third-order valence-electron chi connectivity index (χ3n) is 2.36. The van der Waals surface area contributed by atoms with Gasteiger partial charge in [0.15, 0.2) is 0 Å². The van der Waals surface area contributed by atoms with E-state index in [2.05, 4.69) is 5.32 Å². The summed E-state index contributed by atoms with van der Waals surface area (Å²) in [6.45, 7) is 1.90. The number of hydrogen-bond acceptors (Lipinski definition) is 4. The van der Waals surface area contributed by atoms with Crippen molar-refractivity contribution in [2.45, 2.75) is 19.6 Å². The first-order chi connectivity index (χ1) is 8.00. The molecule has 1 aliphatic rings. The molecule has 1 aliphatic carbocycles. The fraction of sp³-hybridized carbons (Fsp3) is 0.417. The predicted octanol–water partition coefficient (Wildman–Crippen LogP) is 0.0591. The van der Waals surface area contributed by atoms with Crippen molar-refractivity contribution in [3.05, 3.63) is 35.6 Å². The van der Waals surface area contributed by atoms with Gasteiger partial charge in [-0.2, -0.15) is 0 Å². The maximum atomic E-state index is 12.0. The predicted molar refractivity (Wildman–Crippen MR) is 66.6 cm³/mol. The van der Waals surface area contributed by atoms with Crippen LogP contribution in [0.5, 0.6) is 0 Å². The molecule has 5 nitrogen and oxygen atoms in total. The molecule has 0 aliphatic heterocycles. The largest absolute Gasteiger partial charge is 0.399 e. The van der Waals surface area contributed by atoms with E-state index in [0.717, 1.165) is 0 Å². The van der Waals surface area contributed by atoms with Crippen LogP contribution in [0.1, 0.15) is 13.3 Å². The summed E-state index contributed by atoms with van der Waals surface area (Å²) in [5.74, 6) is -0.0995. The molecule has 0 heterocycles. The summed E-state index contributed by atoms with van der Waals surface area (Å²) in [6, 6.07) is 0. The molecule has 0 spiro atoms. The molecule has 1 atom stereocenters. The van der Waals surface area contributed by atoms with E-state index in [-0.39, 0.29) is 5.91 Å². The highest BCUT2D eigenvalue weighted by Gasteiger charge is 2.13. The van der Waals surface area contributed by atoms with E-state index in [4.69, 9.17) is 10.8 Å². The Bertz CT molecular complexity index is 370. The van der Waals surface area contributed by atoms with Crippen LogP contribution in [0.2, 0.25) is 0 Å². The summed E-state index contributed by atoms with van der Waals surface area (Å²) in [6.07, 6.45) is 7.12. The first-order valence-corrected chi connectivity index (χ1v) is 5.51. The number of carbonyl (C=O) groups excluding carboxylic acids is 1. The van der Waals surface area contributed by atoms with Crippen LogP contribution in [0.15, 0.2) is 35.6 Å². The minimum atomic E-state index is -0.638. The number of amides is 1. The Balaban J connectivity index is 2.58. The van der Waals surface area contributed by atoms with E-state index < -0.39 is 6.23 Å². The van der Waals surface area contributed by atoms with Crippen LogP contribution in [-0.4, -0.2) is 35.9 Å². The van der Waals surface area contributed by atoms with Crippen molar-refractivity contribution in [1.82, 2.24) is 10.2 Å². The molecule has 5 heteroatoms. The molecular weight excluding hydrogens is 218 g/mol. The second-order valence-corrected chi connectivity index (χ2v) is 3.97. The van der Waals surface area contributed by atoms with Crippen molar-refractivity contribution in [1.29, 1.82) is 0 Å². The first kappa shape index (κ1) is 13.5. The van der Waals surface area contributed by atoms with E-state index in [1.165, 1.54) is 4.90 Å². The molecule has 1 amide bonds. The van der Waals surface area contributed by atoms with Crippen LogP contribution in [0.4, 0.5) is 0 Å². The molecule has 0 saturated heterocycles. The van der Waals surface area contributed by atoms with Crippen molar-refractivity contribution >= 4 is 5.91 Å². The van der Waals surface area contributed by atoms with Crippen LogP contribution >= 0.6 is 0 Å². The van der Waals surface area contributed by atoms with Crippen LogP contribution < -0.4 is 11.1 Å². The Morgan fingerprint density at radius 1 is 1.59 bits per heavy atom. The Hall–Kier alpha value is -1.59. The van der Waals surface area contributed by atoms with Gasteiger partial charge < -0.3 is 15.7 Å². The van der Waals surface area contributed by atoms with Crippen LogP contribution in [0.3, 0.4) is 0 Å². The molecule has 1 rings (SSSR count). The SMILES string of the molecule is CC(O)NCN(C)C(=O)C1=CCC=C(N)C=C1. The zero-order valence-electron chi connectivity index (χ0n) is 10.2. The Kier molecular flexibility index (Phi) is 4.93. The number of likely N-dealkylation sites (N-methyl/N-ethyl adjacent to an activating group) is 1. The molecule has 0 aromatic rings. The van der Waals surface area contributed by atoms with E-state index in [1.54, 1.807) is 26.1 Å². The highest BCUT2D eigenvalue weighted by Crippen LogP contribution is 2.09. The van der Waals surface area contributed by atoms with Gasteiger partial charge >= 0.3 is 0 Å². The van der Waals surface area contributed by atoms with Gasteiger partial charge in [0.2, 0.25) is 0 Å². The lowest BCUT2D eigenvalue weighted by molar-refractivity contribution is -0.126. The number of nitrogens with zero attached hydrogens (tertiary/aromatic N) is 1. The van der Waals surface area contributed by atoms with Crippen molar-refractivity contribution in [2.24, 2.45) is 5.73 Å². The van der Waals surface area contributed by atoms with Gasteiger partial charge in [-0.05, 0) is 25.5 Å². The summed E-state index contributed by atoms with van der Waals surface area (Å²) in [5, 5.41) is 11.8. The summed E-state index contributed by atoms with van der Waals surface area (Å²) in [5.41, 5.74) is 6.91. The molecule has 4 N–H and O–H groups in total. The molecule has 17 heavy (non-hydrogen) atoms. The highest BCUT2D eigenvalue weighted by atomic mass is 16.3. The van der Waals surface area contributed by atoms with Crippen LogP contribution in [-0.2, 0) is 4.79 Å². The quantitative estimate of drug-likeness (QED) is 0.604. The normalized spacial score (nSPS) is 16.9. The maximum absolute atomic E-state index is 12.0. The molecule has 94 valence electrons. The van der Waals surface area contributed by atoms with E-state index in [1.807, 2.05) is 12.2 Å². The third kappa shape index (κ3) is 4.42. The van der Waals surface area contributed by atoms with Gasteiger partial charge in [-0.1, -0.05) is 12.2 Å².